The lowest BCUT2D eigenvalue weighted by Gasteiger charge is -2.54. The van der Waals surface area contributed by atoms with Gasteiger partial charge in [-0.2, -0.15) is 0 Å². The number of hydrogen-bond donors (Lipinski definition) is 1. The maximum absolute atomic E-state index is 11.1. The van der Waals surface area contributed by atoms with Crippen LogP contribution in [0.25, 0.3) is 0 Å². The third kappa shape index (κ3) is 1.11. The van der Waals surface area contributed by atoms with Gasteiger partial charge in [0.2, 0.25) is 0 Å². The first-order valence-electron chi connectivity index (χ1n) is 8.09. The highest BCUT2D eigenvalue weighted by Gasteiger charge is 2.71. The van der Waals surface area contributed by atoms with Crippen LogP contribution in [-0.2, 0) is 11.8 Å². The largest absolute Gasteiger partial charge is 0.493 e. The Hall–Kier alpha value is -1.52. The van der Waals surface area contributed by atoms with Crippen molar-refractivity contribution < 1.29 is 14.6 Å². The second kappa shape index (κ2) is 3.87. The summed E-state index contributed by atoms with van der Waals surface area (Å²) in [4.78, 5) is 2.33. The van der Waals surface area contributed by atoms with E-state index in [1.54, 1.807) is 7.11 Å². The number of likely N-dealkylation sites (N-methyl/N-ethyl adjacent to an activating group) is 1. The van der Waals surface area contributed by atoms with Gasteiger partial charge in [0, 0.05) is 18.4 Å². The van der Waals surface area contributed by atoms with E-state index in [9.17, 15) is 5.11 Å². The van der Waals surface area contributed by atoms with Gasteiger partial charge in [-0.25, -0.2) is 0 Å². The van der Waals surface area contributed by atoms with Crippen LogP contribution in [0.1, 0.15) is 24.0 Å². The highest BCUT2D eigenvalue weighted by molar-refractivity contribution is 5.64. The molecule has 0 aromatic heterocycles. The molecular formula is C18H21NO3. The van der Waals surface area contributed by atoms with Crippen molar-refractivity contribution in [3.8, 4) is 11.5 Å². The van der Waals surface area contributed by atoms with Gasteiger partial charge >= 0.3 is 0 Å². The zero-order valence-corrected chi connectivity index (χ0v) is 13.0. The summed E-state index contributed by atoms with van der Waals surface area (Å²) in [7, 11) is 3.83. The van der Waals surface area contributed by atoms with Gasteiger partial charge in [-0.3, -0.25) is 4.90 Å². The lowest BCUT2D eigenvalue weighted by atomic mass is 9.53. The van der Waals surface area contributed by atoms with Crippen LogP contribution in [0.4, 0.5) is 0 Å². The number of aliphatic hydroxyl groups is 1. The van der Waals surface area contributed by atoms with Crippen molar-refractivity contribution in [1.82, 2.24) is 4.90 Å². The zero-order chi connectivity index (χ0) is 15.1. The summed E-state index contributed by atoms with van der Waals surface area (Å²) in [5.74, 6) is 1.74. The minimum absolute atomic E-state index is 0.0995. The Bertz CT molecular complexity index is 700. The Balaban J connectivity index is 1.88. The van der Waals surface area contributed by atoms with Gasteiger partial charge in [-0.15, -0.1) is 0 Å². The van der Waals surface area contributed by atoms with Gasteiger partial charge in [-0.05, 0) is 31.6 Å². The minimum Gasteiger partial charge on any atom is -0.493 e. The molecule has 1 saturated heterocycles. The van der Waals surface area contributed by atoms with Gasteiger partial charge < -0.3 is 14.6 Å². The number of benzene rings is 1. The first kappa shape index (κ1) is 13.0. The Kier molecular flexibility index (Phi) is 2.28. The van der Waals surface area contributed by atoms with E-state index >= 15 is 0 Å². The van der Waals surface area contributed by atoms with Crippen LogP contribution in [0.2, 0.25) is 0 Å². The summed E-state index contributed by atoms with van der Waals surface area (Å²) in [6.07, 6.45) is 6.76. The van der Waals surface area contributed by atoms with E-state index < -0.39 is 6.10 Å². The summed E-state index contributed by atoms with van der Waals surface area (Å²) >= 11 is 0. The van der Waals surface area contributed by atoms with E-state index in [2.05, 4.69) is 30.2 Å². The molecule has 4 aliphatic rings. The number of aliphatic hydroxyl groups excluding tert-OH is 1. The molecule has 1 N–H and O–H groups in total. The van der Waals surface area contributed by atoms with Crippen molar-refractivity contribution in [1.29, 1.82) is 0 Å². The fourth-order valence-electron chi connectivity index (χ4n) is 5.68. The van der Waals surface area contributed by atoms with Crippen LogP contribution >= 0.6 is 0 Å². The number of methoxy groups -OCH3 is 1. The lowest BCUT2D eigenvalue weighted by Crippen LogP contribution is -2.68. The topological polar surface area (TPSA) is 41.9 Å². The molecular weight excluding hydrogens is 278 g/mol. The third-order valence-corrected chi connectivity index (χ3v) is 6.51. The second-order valence-corrected chi connectivity index (χ2v) is 7.06. The smallest absolute Gasteiger partial charge is 0.165 e. The molecule has 0 bridgehead atoms. The number of likely N-dealkylation sites (tertiary alicyclic amines) is 1. The molecule has 22 heavy (non-hydrogen) atoms. The Morgan fingerprint density at radius 3 is 3.09 bits per heavy atom. The predicted octanol–water partition coefficient (Wildman–Crippen LogP) is 1.65. The van der Waals surface area contributed by atoms with Gasteiger partial charge in [0.25, 0.3) is 0 Å². The van der Waals surface area contributed by atoms with Crippen molar-refractivity contribution in [2.75, 3.05) is 20.7 Å². The van der Waals surface area contributed by atoms with Crippen molar-refractivity contribution >= 4 is 0 Å². The molecule has 2 heterocycles. The zero-order valence-electron chi connectivity index (χ0n) is 13.0. The van der Waals surface area contributed by atoms with Crippen molar-refractivity contribution in [3.05, 3.63) is 35.4 Å². The molecule has 0 amide bonds. The molecule has 4 nitrogen and oxygen atoms in total. The van der Waals surface area contributed by atoms with E-state index in [0.717, 1.165) is 30.9 Å². The average Bonchev–Trinajstić information content (AvgIpc) is 3.03. The quantitative estimate of drug-likeness (QED) is 0.801. The SMILES string of the molecule is COc1ccc2c3c1O[C@H]1CC=C[C@@]4([C@@H](O)C2)N(C)CC[C@@]314. The molecule has 2 aliphatic carbocycles. The van der Waals surface area contributed by atoms with Crippen LogP contribution in [0, 0.1) is 0 Å². The molecule has 2 aliphatic heterocycles. The predicted molar refractivity (Wildman–Crippen MR) is 82.5 cm³/mol. The van der Waals surface area contributed by atoms with E-state index in [-0.39, 0.29) is 17.1 Å². The summed E-state index contributed by atoms with van der Waals surface area (Å²) in [5, 5.41) is 11.1. The van der Waals surface area contributed by atoms with E-state index in [1.807, 2.05) is 6.07 Å². The summed E-state index contributed by atoms with van der Waals surface area (Å²) in [5.41, 5.74) is 2.07. The summed E-state index contributed by atoms with van der Waals surface area (Å²) in [6, 6.07) is 4.09. The third-order valence-electron chi connectivity index (χ3n) is 6.51. The first-order chi connectivity index (χ1) is 10.6. The van der Waals surface area contributed by atoms with Crippen LogP contribution in [0.3, 0.4) is 0 Å². The molecule has 1 aromatic rings. The second-order valence-electron chi connectivity index (χ2n) is 7.06. The van der Waals surface area contributed by atoms with Gasteiger partial charge in [-0.1, -0.05) is 18.2 Å². The Morgan fingerprint density at radius 2 is 2.27 bits per heavy atom. The fraction of sp³-hybridized carbons (Fsp3) is 0.556. The van der Waals surface area contributed by atoms with Gasteiger partial charge in [0.15, 0.2) is 11.5 Å². The maximum atomic E-state index is 11.1. The summed E-state index contributed by atoms with van der Waals surface area (Å²) in [6.45, 7) is 0.983. The molecule has 0 radical (unpaired) electrons. The van der Waals surface area contributed by atoms with Crippen molar-refractivity contribution in [2.24, 2.45) is 0 Å². The fourth-order valence-corrected chi connectivity index (χ4v) is 5.68. The highest BCUT2D eigenvalue weighted by atomic mass is 16.5. The Morgan fingerprint density at radius 1 is 1.41 bits per heavy atom. The number of rotatable bonds is 1. The van der Waals surface area contributed by atoms with E-state index in [1.165, 1.54) is 11.1 Å². The molecule has 1 aromatic carbocycles. The van der Waals surface area contributed by atoms with E-state index in [0.29, 0.717) is 6.42 Å². The first-order valence-corrected chi connectivity index (χ1v) is 8.09. The molecule has 4 atom stereocenters. The van der Waals surface area contributed by atoms with Crippen LogP contribution < -0.4 is 9.47 Å². The normalized spacial score (nSPS) is 41.0. The number of hydrogen-bond acceptors (Lipinski definition) is 4. The highest BCUT2D eigenvalue weighted by Crippen LogP contribution is 2.65. The van der Waals surface area contributed by atoms with E-state index in [4.69, 9.17) is 9.47 Å². The number of nitrogens with zero attached hydrogens (tertiary/aromatic N) is 1. The van der Waals surface area contributed by atoms with Crippen LogP contribution in [-0.4, -0.2) is 48.5 Å². The van der Waals surface area contributed by atoms with Crippen LogP contribution in [0.15, 0.2) is 24.3 Å². The molecule has 5 rings (SSSR count). The summed E-state index contributed by atoms with van der Waals surface area (Å²) < 4.78 is 12.0. The molecule has 1 fully saturated rings. The molecule has 0 unspecified atom stereocenters. The number of ether oxygens (including phenoxy) is 2. The molecule has 116 valence electrons. The molecule has 1 spiro atoms. The monoisotopic (exact) mass is 299 g/mol. The lowest BCUT2D eigenvalue weighted by molar-refractivity contribution is -0.0391. The standard InChI is InChI=1S/C18H21NO3/c1-19-9-8-17-14-4-3-7-18(17,19)13(20)10-11-5-6-12(21-2)16(22-14)15(11)17/h3,5-7,13-14,20H,4,8-10H2,1-2H3/t13-,14-,17-,18-/m0/s1. The maximum Gasteiger partial charge on any atom is 0.165 e. The average molecular weight is 299 g/mol. The molecule has 4 heteroatoms. The van der Waals surface area contributed by atoms with Crippen LogP contribution in [0.5, 0.6) is 11.5 Å². The molecule has 0 saturated carbocycles. The van der Waals surface area contributed by atoms with Crippen molar-refractivity contribution in [3.63, 3.8) is 0 Å². The van der Waals surface area contributed by atoms with Gasteiger partial charge in [0.05, 0.1) is 24.2 Å². The minimum atomic E-state index is -0.394. The Labute approximate surface area is 130 Å². The van der Waals surface area contributed by atoms with Gasteiger partial charge in [0.1, 0.15) is 6.10 Å². The van der Waals surface area contributed by atoms with Crippen molar-refractivity contribution in [2.45, 2.75) is 42.4 Å².